The minimum Gasteiger partial charge on any atom is -0.495 e. The number of nitrogens with zero attached hydrogens (tertiary/aromatic N) is 5. The van der Waals surface area contributed by atoms with Gasteiger partial charge in [0.15, 0.2) is 11.5 Å². The number of ether oxygens (including phenoxy) is 1. The van der Waals surface area contributed by atoms with Crippen molar-refractivity contribution in [2.24, 2.45) is 0 Å². The lowest BCUT2D eigenvalue weighted by Crippen LogP contribution is -2.38. The average Bonchev–Trinajstić information content (AvgIpc) is 3.16. The molecule has 0 radical (unpaired) electrons. The van der Waals surface area contributed by atoms with Crippen molar-refractivity contribution in [3.05, 3.63) is 35.4 Å². The Morgan fingerprint density at radius 2 is 2.23 bits per heavy atom. The molecule has 9 nitrogen and oxygen atoms in total. The first-order valence-electron chi connectivity index (χ1n) is 10.1. The number of aliphatic hydroxyl groups is 1. The van der Waals surface area contributed by atoms with Gasteiger partial charge in [-0.1, -0.05) is 0 Å². The van der Waals surface area contributed by atoms with Gasteiger partial charge in [0.25, 0.3) is 0 Å². The summed E-state index contributed by atoms with van der Waals surface area (Å²) in [4.78, 5) is 8.73. The standard InChI is InChI=1S/C21H24FN7O2/c1-21(2,30)19-16(31-3)8-17-25-11-15(29(17)28-19)18-14(22)7-12(9-23)20(27-18)26-13-5-4-6-24-10-13/h7-8,11,13,24,30H,4-6,10H2,1-3H3,(H,26,27). The number of anilines is 1. The highest BCUT2D eigenvalue weighted by molar-refractivity contribution is 5.66. The second kappa shape index (κ2) is 8.09. The second-order valence-corrected chi connectivity index (χ2v) is 8.05. The Morgan fingerprint density at radius 1 is 1.42 bits per heavy atom. The van der Waals surface area contributed by atoms with E-state index in [0.717, 1.165) is 25.9 Å². The highest BCUT2D eigenvalue weighted by Crippen LogP contribution is 2.31. The van der Waals surface area contributed by atoms with Crippen LogP contribution in [0.4, 0.5) is 10.2 Å². The predicted octanol–water partition coefficient (Wildman–Crippen LogP) is 2.20. The second-order valence-electron chi connectivity index (χ2n) is 8.05. The van der Waals surface area contributed by atoms with E-state index in [1.165, 1.54) is 23.9 Å². The van der Waals surface area contributed by atoms with Gasteiger partial charge in [-0.2, -0.15) is 10.4 Å². The maximum absolute atomic E-state index is 15.0. The molecule has 10 heteroatoms. The van der Waals surface area contributed by atoms with Crippen molar-refractivity contribution >= 4 is 11.5 Å². The van der Waals surface area contributed by atoms with Gasteiger partial charge in [-0.15, -0.1) is 0 Å². The van der Waals surface area contributed by atoms with Crippen molar-refractivity contribution in [3.63, 3.8) is 0 Å². The first-order chi connectivity index (χ1) is 14.8. The van der Waals surface area contributed by atoms with Gasteiger partial charge in [0, 0.05) is 18.7 Å². The van der Waals surface area contributed by atoms with E-state index in [-0.39, 0.29) is 23.0 Å². The van der Waals surface area contributed by atoms with Crippen molar-refractivity contribution < 1.29 is 14.2 Å². The maximum atomic E-state index is 15.0. The van der Waals surface area contributed by atoms with Crippen molar-refractivity contribution in [2.45, 2.75) is 38.3 Å². The molecule has 3 aromatic heterocycles. The number of fused-ring (bicyclic) bond motifs is 1. The molecule has 3 N–H and O–H groups in total. The van der Waals surface area contributed by atoms with E-state index in [1.54, 1.807) is 19.9 Å². The molecule has 162 valence electrons. The first-order valence-corrected chi connectivity index (χ1v) is 10.1. The molecule has 4 heterocycles. The topological polar surface area (TPSA) is 120 Å². The molecule has 3 aromatic rings. The monoisotopic (exact) mass is 425 g/mol. The molecule has 1 aliphatic rings. The fraction of sp³-hybridized carbons (Fsp3) is 0.429. The molecule has 1 aliphatic heterocycles. The number of rotatable bonds is 5. The number of nitriles is 1. The molecule has 1 fully saturated rings. The molecule has 1 unspecified atom stereocenters. The number of imidazole rings is 1. The minimum absolute atomic E-state index is 0.0112. The summed E-state index contributed by atoms with van der Waals surface area (Å²) in [7, 11) is 1.48. The molecule has 0 aromatic carbocycles. The lowest BCUT2D eigenvalue weighted by Gasteiger charge is -2.25. The highest BCUT2D eigenvalue weighted by Gasteiger charge is 2.26. The zero-order valence-corrected chi connectivity index (χ0v) is 17.6. The highest BCUT2D eigenvalue weighted by atomic mass is 19.1. The Bertz CT molecular complexity index is 1160. The Balaban J connectivity index is 1.83. The number of nitrogens with one attached hydrogen (secondary N) is 2. The van der Waals surface area contributed by atoms with E-state index in [9.17, 15) is 14.8 Å². The van der Waals surface area contributed by atoms with E-state index >= 15 is 0 Å². The van der Waals surface area contributed by atoms with Crippen molar-refractivity contribution in [1.29, 1.82) is 5.26 Å². The van der Waals surface area contributed by atoms with Crippen LogP contribution in [-0.2, 0) is 5.60 Å². The molecule has 1 atom stereocenters. The third-order valence-electron chi connectivity index (χ3n) is 5.23. The van der Waals surface area contributed by atoms with Crippen molar-refractivity contribution in [1.82, 2.24) is 24.9 Å². The van der Waals surface area contributed by atoms with Crippen molar-refractivity contribution in [3.8, 4) is 23.2 Å². The number of hydrogen-bond acceptors (Lipinski definition) is 8. The number of hydrogen-bond donors (Lipinski definition) is 3. The molecular formula is C21H24FN7O2. The van der Waals surface area contributed by atoms with Crippen LogP contribution < -0.4 is 15.4 Å². The van der Waals surface area contributed by atoms with E-state index in [2.05, 4.69) is 25.7 Å². The van der Waals surface area contributed by atoms with Gasteiger partial charge < -0.3 is 20.5 Å². The number of pyridine rings is 1. The SMILES string of the molecule is COc1cc2ncc(-c3nc(NC4CCCNC4)c(C#N)cc3F)n2nc1C(C)(C)O. The zero-order chi connectivity index (χ0) is 22.2. The molecule has 0 saturated carbocycles. The van der Waals surface area contributed by atoms with Crippen LogP contribution in [0.25, 0.3) is 17.0 Å². The fourth-order valence-electron chi connectivity index (χ4n) is 3.67. The molecule has 0 bridgehead atoms. The van der Waals surface area contributed by atoms with Gasteiger partial charge in [-0.25, -0.2) is 18.9 Å². The predicted molar refractivity (Wildman–Crippen MR) is 112 cm³/mol. The summed E-state index contributed by atoms with van der Waals surface area (Å²) in [5.74, 6) is 0.0319. The third kappa shape index (κ3) is 4.02. The summed E-state index contributed by atoms with van der Waals surface area (Å²) in [5.41, 5.74) is -0.156. The first kappa shape index (κ1) is 21.0. The summed E-state index contributed by atoms with van der Waals surface area (Å²) in [5, 5.41) is 31.0. The van der Waals surface area contributed by atoms with Crippen LogP contribution in [-0.4, -0.2) is 50.9 Å². The largest absolute Gasteiger partial charge is 0.495 e. The van der Waals surface area contributed by atoms with Gasteiger partial charge in [0.05, 0.1) is 18.9 Å². The molecule has 31 heavy (non-hydrogen) atoms. The lowest BCUT2D eigenvalue weighted by molar-refractivity contribution is 0.0694. The molecule has 0 amide bonds. The van der Waals surface area contributed by atoms with Gasteiger partial charge in [0.2, 0.25) is 0 Å². The molecule has 0 spiro atoms. The fourth-order valence-corrected chi connectivity index (χ4v) is 3.67. The Hall–Kier alpha value is -3.29. The van der Waals surface area contributed by atoms with Crippen LogP contribution in [0.1, 0.15) is 37.9 Å². The Labute approximate surface area is 178 Å². The summed E-state index contributed by atoms with van der Waals surface area (Å²) in [6, 6.07) is 4.89. The van der Waals surface area contributed by atoms with Gasteiger partial charge in [-0.05, 0) is 39.3 Å². The number of methoxy groups -OCH3 is 1. The molecule has 0 aliphatic carbocycles. The lowest BCUT2D eigenvalue weighted by atomic mass is 10.0. The minimum atomic E-state index is -1.29. The van der Waals surface area contributed by atoms with Crippen LogP contribution in [0.5, 0.6) is 5.75 Å². The third-order valence-corrected chi connectivity index (χ3v) is 5.23. The summed E-state index contributed by atoms with van der Waals surface area (Å²) < 4.78 is 21.7. The van der Waals surface area contributed by atoms with E-state index in [4.69, 9.17) is 4.74 Å². The molecule has 1 saturated heterocycles. The van der Waals surface area contributed by atoms with Crippen LogP contribution in [0, 0.1) is 17.1 Å². The van der Waals surface area contributed by atoms with E-state index in [0.29, 0.717) is 22.9 Å². The van der Waals surface area contributed by atoms with Gasteiger partial charge in [0.1, 0.15) is 40.3 Å². The van der Waals surface area contributed by atoms with Crippen LogP contribution >= 0.6 is 0 Å². The Morgan fingerprint density at radius 3 is 2.87 bits per heavy atom. The normalized spacial score (nSPS) is 16.8. The quantitative estimate of drug-likeness (QED) is 0.569. The Kier molecular flexibility index (Phi) is 5.47. The summed E-state index contributed by atoms with van der Waals surface area (Å²) >= 11 is 0. The van der Waals surface area contributed by atoms with Gasteiger partial charge in [-0.3, -0.25) is 0 Å². The van der Waals surface area contributed by atoms with Crippen LogP contribution in [0.2, 0.25) is 0 Å². The molecule has 4 rings (SSSR count). The summed E-state index contributed by atoms with van der Waals surface area (Å²) in [6.45, 7) is 4.86. The van der Waals surface area contributed by atoms with Crippen LogP contribution in [0.3, 0.4) is 0 Å². The summed E-state index contributed by atoms with van der Waals surface area (Å²) in [6.07, 6.45) is 3.39. The number of aromatic nitrogens is 4. The van der Waals surface area contributed by atoms with Crippen LogP contribution in [0.15, 0.2) is 18.3 Å². The molecular weight excluding hydrogens is 401 g/mol. The van der Waals surface area contributed by atoms with Gasteiger partial charge >= 0.3 is 0 Å². The van der Waals surface area contributed by atoms with E-state index < -0.39 is 11.4 Å². The smallest absolute Gasteiger partial charge is 0.157 e. The number of piperidine rings is 1. The maximum Gasteiger partial charge on any atom is 0.157 e. The van der Waals surface area contributed by atoms with Crippen molar-refractivity contribution in [2.75, 3.05) is 25.5 Å². The average molecular weight is 425 g/mol. The van der Waals surface area contributed by atoms with E-state index in [1.807, 2.05) is 6.07 Å². The zero-order valence-electron chi connectivity index (χ0n) is 17.6. The number of halogens is 1.